The molecule has 134 valence electrons. The molecule has 0 bridgehead atoms. The van der Waals surface area contributed by atoms with E-state index in [2.05, 4.69) is 10.6 Å². The van der Waals surface area contributed by atoms with Crippen molar-refractivity contribution in [1.29, 1.82) is 0 Å². The zero-order valence-electron chi connectivity index (χ0n) is 13.4. The molecule has 0 aromatic heterocycles. The smallest absolute Gasteiger partial charge is 0.228 e. The highest BCUT2D eigenvalue weighted by Crippen LogP contribution is 2.30. The Morgan fingerprint density at radius 2 is 1.88 bits per heavy atom. The van der Waals surface area contributed by atoms with Crippen molar-refractivity contribution >= 4 is 24.0 Å². The monoisotopic (exact) mass is 368 g/mol. The first-order chi connectivity index (χ1) is 11.6. The van der Waals surface area contributed by atoms with E-state index in [1.54, 1.807) is 24.3 Å². The van der Waals surface area contributed by atoms with E-state index in [0.717, 1.165) is 37.6 Å². The molecule has 1 atom stereocenters. The number of rotatable bonds is 4. The largest absolute Gasteiger partial charge is 0.455 e. The molecule has 0 saturated carbocycles. The average molecular weight is 369 g/mol. The van der Waals surface area contributed by atoms with Gasteiger partial charge in [0.15, 0.2) is 5.75 Å². The summed E-state index contributed by atoms with van der Waals surface area (Å²) < 4.78 is 32.1. The topological polar surface area (TPSA) is 50.4 Å². The molecule has 2 aromatic rings. The number of carbonyl (C=O) groups excluding carboxylic acids is 1. The molecule has 2 aromatic carbocycles. The van der Waals surface area contributed by atoms with Gasteiger partial charge >= 0.3 is 0 Å². The SMILES string of the molecule is Cl.O=C(Nc1ccccc1Oc1cc(F)cc(F)c1)C1CCCNC1. The van der Waals surface area contributed by atoms with Crippen LogP contribution in [0.3, 0.4) is 0 Å². The Balaban J connectivity index is 0.00000225. The number of nitrogens with one attached hydrogen (secondary N) is 2. The maximum Gasteiger partial charge on any atom is 0.228 e. The van der Waals surface area contributed by atoms with Crippen LogP contribution in [-0.2, 0) is 4.79 Å². The number of anilines is 1. The van der Waals surface area contributed by atoms with E-state index in [1.165, 1.54) is 0 Å². The third-order valence-corrected chi connectivity index (χ3v) is 3.88. The summed E-state index contributed by atoms with van der Waals surface area (Å²) in [5.41, 5.74) is 0.470. The second-order valence-corrected chi connectivity index (χ2v) is 5.74. The third kappa shape index (κ3) is 5.14. The third-order valence-electron chi connectivity index (χ3n) is 3.88. The Bertz CT molecular complexity index is 717. The predicted molar refractivity (Wildman–Crippen MR) is 94.3 cm³/mol. The summed E-state index contributed by atoms with van der Waals surface area (Å²) in [5.74, 6) is -1.27. The van der Waals surface area contributed by atoms with E-state index in [-0.39, 0.29) is 30.0 Å². The lowest BCUT2D eigenvalue weighted by Crippen LogP contribution is -2.37. The van der Waals surface area contributed by atoms with E-state index in [1.807, 2.05) is 0 Å². The van der Waals surface area contributed by atoms with Crippen molar-refractivity contribution in [3.63, 3.8) is 0 Å². The number of amides is 1. The van der Waals surface area contributed by atoms with Gasteiger partial charge in [-0.3, -0.25) is 4.79 Å². The second kappa shape index (κ2) is 8.78. The fourth-order valence-corrected chi connectivity index (χ4v) is 2.68. The molecule has 0 radical (unpaired) electrons. The zero-order chi connectivity index (χ0) is 16.9. The fraction of sp³-hybridized carbons (Fsp3) is 0.278. The Hall–Kier alpha value is -2.18. The first kappa shape index (κ1) is 19.1. The number of carbonyl (C=O) groups is 1. The lowest BCUT2D eigenvalue weighted by atomic mass is 9.99. The Morgan fingerprint density at radius 3 is 2.56 bits per heavy atom. The molecule has 0 spiro atoms. The number of para-hydroxylation sites is 2. The fourth-order valence-electron chi connectivity index (χ4n) is 2.68. The minimum absolute atomic E-state index is 0. The van der Waals surface area contributed by atoms with Crippen molar-refractivity contribution in [1.82, 2.24) is 5.32 Å². The van der Waals surface area contributed by atoms with Gasteiger partial charge in [-0.1, -0.05) is 12.1 Å². The second-order valence-electron chi connectivity index (χ2n) is 5.74. The Kier molecular flexibility index (Phi) is 6.73. The predicted octanol–water partition coefficient (Wildman–Crippen LogP) is 4.12. The van der Waals surface area contributed by atoms with Gasteiger partial charge in [-0.05, 0) is 31.5 Å². The van der Waals surface area contributed by atoms with Gasteiger partial charge in [-0.25, -0.2) is 8.78 Å². The number of halogens is 3. The maximum atomic E-state index is 13.3. The number of hydrogen-bond donors (Lipinski definition) is 2. The highest BCUT2D eigenvalue weighted by Gasteiger charge is 2.21. The summed E-state index contributed by atoms with van der Waals surface area (Å²) in [6.45, 7) is 1.57. The average Bonchev–Trinajstić information content (AvgIpc) is 2.56. The van der Waals surface area contributed by atoms with Gasteiger partial charge in [0.1, 0.15) is 17.4 Å². The van der Waals surface area contributed by atoms with Crippen molar-refractivity contribution < 1.29 is 18.3 Å². The van der Waals surface area contributed by atoms with Crippen LogP contribution >= 0.6 is 12.4 Å². The van der Waals surface area contributed by atoms with Crippen LogP contribution in [0, 0.1) is 17.6 Å². The van der Waals surface area contributed by atoms with Crippen LogP contribution in [0.4, 0.5) is 14.5 Å². The van der Waals surface area contributed by atoms with Crippen molar-refractivity contribution in [2.75, 3.05) is 18.4 Å². The molecule has 1 saturated heterocycles. The highest BCUT2D eigenvalue weighted by molar-refractivity contribution is 5.94. The molecule has 0 aliphatic carbocycles. The molecule has 1 fully saturated rings. The van der Waals surface area contributed by atoms with Crippen LogP contribution in [0.25, 0.3) is 0 Å². The molecule has 2 N–H and O–H groups in total. The van der Waals surface area contributed by atoms with Gasteiger partial charge in [-0.2, -0.15) is 0 Å². The van der Waals surface area contributed by atoms with Crippen LogP contribution in [-0.4, -0.2) is 19.0 Å². The normalized spacial score (nSPS) is 16.6. The molecule has 1 amide bonds. The van der Waals surface area contributed by atoms with Crippen LogP contribution in [0.15, 0.2) is 42.5 Å². The molecular formula is C18H19ClF2N2O2. The zero-order valence-corrected chi connectivity index (χ0v) is 14.2. The number of hydrogen-bond acceptors (Lipinski definition) is 3. The van der Waals surface area contributed by atoms with Gasteiger partial charge in [0, 0.05) is 24.7 Å². The molecule has 1 heterocycles. The molecule has 3 rings (SSSR count). The Morgan fingerprint density at radius 1 is 1.16 bits per heavy atom. The molecule has 1 unspecified atom stereocenters. The number of benzene rings is 2. The molecule has 25 heavy (non-hydrogen) atoms. The summed E-state index contributed by atoms with van der Waals surface area (Å²) in [7, 11) is 0. The first-order valence-electron chi connectivity index (χ1n) is 7.86. The quantitative estimate of drug-likeness (QED) is 0.853. The minimum atomic E-state index is -0.722. The summed E-state index contributed by atoms with van der Waals surface area (Å²) in [6.07, 6.45) is 1.79. The van der Waals surface area contributed by atoms with Crippen LogP contribution in [0.2, 0.25) is 0 Å². The van der Waals surface area contributed by atoms with Gasteiger partial charge in [0.2, 0.25) is 5.91 Å². The lowest BCUT2D eigenvalue weighted by Gasteiger charge is -2.22. The lowest BCUT2D eigenvalue weighted by molar-refractivity contribution is -0.120. The molecule has 1 aliphatic rings. The minimum Gasteiger partial charge on any atom is -0.455 e. The standard InChI is InChI=1S/C18H18F2N2O2.ClH/c19-13-8-14(20)10-15(9-13)24-17-6-2-1-5-16(17)22-18(23)12-4-3-7-21-11-12;/h1-2,5-6,8-10,12,21H,3-4,7,11H2,(H,22,23);1H. The van der Waals surface area contributed by atoms with Gasteiger partial charge in [0.05, 0.1) is 11.6 Å². The molecule has 4 nitrogen and oxygen atoms in total. The van der Waals surface area contributed by atoms with Gasteiger partial charge in [0.25, 0.3) is 0 Å². The van der Waals surface area contributed by atoms with Crippen molar-refractivity contribution in [2.45, 2.75) is 12.8 Å². The molecule has 7 heteroatoms. The van der Waals surface area contributed by atoms with E-state index >= 15 is 0 Å². The number of ether oxygens (including phenoxy) is 1. The van der Waals surface area contributed by atoms with Crippen LogP contribution in [0.5, 0.6) is 11.5 Å². The summed E-state index contributed by atoms with van der Waals surface area (Å²) in [5, 5.41) is 6.03. The molecule has 1 aliphatic heterocycles. The molecular weight excluding hydrogens is 350 g/mol. The van der Waals surface area contributed by atoms with E-state index in [9.17, 15) is 13.6 Å². The summed E-state index contributed by atoms with van der Waals surface area (Å²) in [6, 6.07) is 9.77. The summed E-state index contributed by atoms with van der Waals surface area (Å²) in [4.78, 5) is 12.4. The number of piperidine rings is 1. The van der Waals surface area contributed by atoms with E-state index < -0.39 is 11.6 Å². The van der Waals surface area contributed by atoms with Crippen LogP contribution < -0.4 is 15.4 Å². The van der Waals surface area contributed by atoms with Crippen molar-refractivity contribution in [3.05, 3.63) is 54.1 Å². The first-order valence-corrected chi connectivity index (χ1v) is 7.86. The van der Waals surface area contributed by atoms with Crippen molar-refractivity contribution in [2.24, 2.45) is 5.92 Å². The van der Waals surface area contributed by atoms with Gasteiger partial charge in [-0.15, -0.1) is 12.4 Å². The van der Waals surface area contributed by atoms with E-state index in [0.29, 0.717) is 18.0 Å². The highest BCUT2D eigenvalue weighted by atomic mass is 35.5. The van der Waals surface area contributed by atoms with E-state index in [4.69, 9.17) is 4.74 Å². The summed E-state index contributed by atoms with van der Waals surface area (Å²) >= 11 is 0. The van der Waals surface area contributed by atoms with Crippen molar-refractivity contribution in [3.8, 4) is 11.5 Å². The van der Waals surface area contributed by atoms with Gasteiger partial charge < -0.3 is 15.4 Å². The Labute approximate surface area is 151 Å². The maximum absolute atomic E-state index is 13.3. The van der Waals surface area contributed by atoms with Crippen LogP contribution in [0.1, 0.15) is 12.8 Å².